The number of aryl methyl sites for hydroxylation is 1. The van der Waals surface area contributed by atoms with Gasteiger partial charge in [-0.3, -0.25) is 9.78 Å². The normalized spacial score (nSPS) is 12.4. The van der Waals surface area contributed by atoms with E-state index in [-0.39, 0.29) is 5.82 Å². The molecular formula is C11H12N4O2. The Hall–Kier alpha value is -2.21. The number of aromatic nitrogens is 3. The summed E-state index contributed by atoms with van der Waals surface area (Å²) in [5.74, 6) is -0.870. The molecule has 6 nitrogen and oxygen atoms in total. The number of carboxylic acid groups (broad SMARTS) is 1. The van der Waals surface area contributed by atoms with Crippen molar-refractivity contribution in [2.75, 3.05) is 0 Å². The van der Waals surface area contributed by atoms with E-state index in [9.17, 15) is 4.79 Å². The molecule has 2 heterocycles. The monoisotopic (exact) mass is 232 g/mol. The number of nitrogens with zero attached hydrogens (tertiary/aromatic N) is 2. The summed E-state index contributed by atoms with van der Waals surface area (Å²) in [5, 5.41) is 8.81. The van der Waals surface area contributed by atoms with Gasteiger partial charge in [0.15, 0.2) is 6.04 Å². The molecular weight excluding hydrogens is 220 g/mol. The van der Waals surface area contributed by atoms with Gasteiger partial charge in [-0.2, -0.15) is 0 Å². The minimum absolute atomic E-state index is 0.244. The number of nitrogens with two attached hydrogens (primary N) is 1. The maximum absolute atomic E-state index is 10.8. The number of carboxylic acids is 1. The van der Waals surface area contributed by atoms with Crippen LogP contribution in [0.5, 0.6) is 0 Å². The van der Waals surface area contributed by atoms with E-state index in [1.807, 2.05) is 13.0 Å². The molecule has 2 aromatic heterocycles. The third kappa shape index (κ3) is 2.16. The van der Waals surface area contributed by atoms with Gasteiger partial charge in [0.1, 0.15) is 5.82 Å². The van der Waals surface area contributed by atoms with Crippen molar-refractivity contribution in [1.29, 1.82) is 0 Å². The molecule has 0 saturated carbocycles. The van der Waals surface area contributed by atoms with Gasteiger partial charge in [0, 0.05) is 23.7 Å². The average molecular weight is 232 g/mol. The second-order valence-corrected chi connectivity index (χ2v) is 3.65. The van der Waals surface area contributed by atoms with Crippen LogP contribution in [-0.2, 0) is 4.79 Å². The molecule has 0 aliphatic carbocycles. The number of rotatable bonds is 3. The van der Waals surface area contributed by atoms with E-state index in [0.717, 1.165) is 11.3 Å². The van der Waals surface area contributed by atoms with Gasteiger partial charge in [0.2, 0.25) is 0 Å². The SMILES string of the molecule is Cc1[nH]c(C(N)C(=O)O)nc1-c1cccnc1. The van der Waals surface area contributed by atoms with Crippen molar-refractivity contribution in [2.45, 2.75) is 13.0 Å². The number of H-pyrrole nitrogens is 1. The number of hydrogen-bond acceptors (Lipinski definition) is 4. The second-order valence-electron chi connectivity index (χ2n) is 3.65. The van der Waals surface area contributed by atoms with Crippen molar-refractivity contribution in [3.05, 3.63) is 36.0 Å². The third-order valence-corrected chi connectivity index (χ3v) is 2.40. The van der Waals surface area contributed by atoms with Crippen molar-refractivity contribution < 1.29 is 9.90 Å². The molecule has 0 fully saturated rings. The van der Waals surface area contributed by atoms with Gasteiger partial charge in [-0.1, -0.05) is 0 Å². The third-order valence-electron chi connectivity index (χ3n) is 2.40. The maximum Gasteiger partial charge on any atom is 0.328 e. The van der Waals surface area contributed by atoms with Gasteiger partial charge in [0.25, 0.3) is 0 Å². The summed E-state index contributed by atoms with van der Waals surface area (Å²) >= 11 is 0. The molecule has 0 aliphatic rings. The van der Waals surface area contributed by atoms with E-state index in [2.05, 4.69) is 15.0 Å². The smallest absolute Gasteiger partial charge is 0.328 e. The zero-order chi connectivity index (χ0) is 12.4. The molecule has 2 aromatic rings. The molecule has 0 saturated heterocycles. The summed E-state index contributed by atoms with van der Waals surface area (Å²) in [6.45, 7) is 1.81. The highest BCUT2D eigenvalue weighted by atomic mass is 16.4. The van der Waals surface area contributed by atoms with Crippen molar-refractivity contribution in [3.63, 3.8) is 0 Å². The molecule has 17 heavy (non-hydrogen) atoms. The first-order valence-electron chi connectivity index (χ1n) is 5.05. The van der Waals surface area contributed by atoms with Crippen LogP contribution >= 0.6 is 0 Å². The van der Waals surface area contributed by atoms with Crippen LogP contribution in [-0.4, -0.2) is 26.0 Å². The van der Waals surface area contributed by atoms with Gasteiger partial charge >= 0.3 is 5.97 Å². The van der Waals surface area contributed by atoms with Crippen LogP contribution in [0.2, 0.25) is 0 Å². The molecule has 88 valence electrons. The number of pyridine rings is 1. The Morgan fingerprint density at radius 2 is 2.35 bits per heavy atom. The first kappa shape index (κ1) is 11.3. The summed E-state index contributed by atoms with van der Waals surface area (Å²) < 4.78 is 0. The van der Waals surface area contributed by atoms with E-state index in [1.165, 1.54) is 0 Å². The Balaban J connectivity index is 2.41. The lowest BCUT2D eigenvalue weighted by Gasteiger charge is -2.00. The first-order valence-corrected chi connectivity index (χ1v) is 5.05. The molecule has 1 atom stereocenters. The van der Waals surface area contributed by atoms with Crippen LogP contribution in [0.15, 0.2) is 24.5 Å². The van der Waals surface area contributed by atoms with Crippen LogP contribution in [0.25, 0.3) is 11.3 Å². The molecule has 2 rings (SSSR count). The summed E-state index contributed by atoms with van der Waals surface area (Å²) in [6.07, 6.45) is 3.33. The number of hydrogen-bond donors (Lipinski definition) is 3. The lowest BCUT2D eigenvalue weighted by Crippen LogP contribution is -2.21. The number of imidazole rings is 1. The molecule has 0 aromatic carbocycles. The van der Waals surface area contributed by atoms with Gasteiger partial charge in [0.05, 0.1) is 5.69 Å². The predicted octanol–water partition coefficient (Wildman–Crippen LogP) is 0.865. The van der Waals surface area contributed by atoms with Crippen LogP contribution in [0.1, 0.15) is 17.6 Å². The van der Waals surface area contributed by atoms with Gasteiger partial charge in [-0.05, 0) is 19.1 Å². The van der Waals surface area contributed by atoms with E-state index in [1.54, 1.807) is 18.5 Å². The standard InChI is InChI=1S/C11H12N4O2/c1-6-9(7-3-2-4-13-5-7)15-10(14-6)8(12)11(16)17/h2-5,8H,12H2,1H3,(H,14,15)(H,16,17). The van der Waals surface area contributed by atoms with Gasteiger partial charge in [-0.15, -0.1) is 0 Å². The molecule has 0 spiro atoms. The Labute approximate surface area is 97.5 Å². The number of aliphatic carboxylic acids is 1. The lowest BCUT2D eigenvalue weighted by atomic mass is 10.2. The fourth-order valence-corrected chi connectivity index (χ4v) is 1.53. The van der Waals surface area contributed by atoms with Crippen molar-refractivity contribution in [1.82, 2.24) is 15.0 Å². The van der Waals surface area contributed by atoms with E-state index >= 15 is 0 Å². The molecule has 6 heteroatoms. The summed E-state index contributed by atoms with van der Waals surface area (Å²) in [4.78, 5) is 21.8. The molecule has 4 N–H and O–H groups in total. The highest BCUT2D eigenvalue weighted by Crippen LogP contribution is 2.21. The molecule has 0 amide bonds. The maximum atomic E-state index is 10.8. The minimum Gasteiger partial charge on any atom is -0.480 e. The zero-order valence-electron chi connectivity index (χ0n) is 9.21. The lowest BCUT2D eigenvalue weighted by molar-refractivity contribution is -0.138. The first-order chi connectivity index (χ1) is 8.09. The number of carbonyl (C=O) groups is 1. The Bertz CT molecular complexity index is 536. The van der Waals surface area contributed by atoms with Crippen molar-refractivity contribution >= 4 is 5.97 Å². The average Bonchev–Trinajstić information content (AvgIpc) is 2.71. The Morgan fingerprint density at radius 3 is 2.94 bits per heavy atom. The molecule has 0 aliphatic heterocycles. The zero-order valence-corrected chi connectivity index (χ0v) is 9.21. The van der Waals surface area contributed by atoms with Crippen LogP contribution in [0.3, 0.4) is 0 Å². The Kier molecular flexibility index (Phi) is 2.88. The summed E-state index contributed by atoms with van der Waals surface area (Å²) in [7, 11) is 0. The van der Waals surface area contributed by atoms with E-state index in [4.69, 9.17) is 10.8 Å². The molecule has 0 radical (unpaired) electrons. The van der Waals surface area contributed by atoms with Gasteiger partial charge in [-0.25, -0.2) is 4.98 Å². The van der Waals surface area contributed by atoms with Gasteiger partial charge < -0.3 is 15.8 Å². The fraction of sp³-hybridized carbons (Fsp3) is 0.182. The van der Waals surface area contributed by atoms with Crippen LogP contribution in [0, 0.1) is 6.92 Å². The molecule has 1 unspecified atom stereocenters. The van der Waals surface area contributed by atoms with Crippen LogP contribution < -0.4 is 5.73 Å². The predicted molar refractivity (Wildman–Crippen MR) is 61.1 cm³/mol. The fourth-order valence-electron chi connectivity index (χ4n) is 1.53. The largest absolute Gasteiger partial charge is 0.480 e. The highest BCUT2D eigenvalue weighted by molar-refractivity contribution is 5.74. The summed E-state index contributed by atoms with van der Waals surface area (Å²) in [6, 6.07) is 2.51. The molecule has 0 bridgehead atoms. The Morgan fingerprint density at radius 1 is 1.59 bits per heavy atom. The van der Waals surface area contributed by atoms with E-state index < -0.39 is 12.0 Å². The number of nitrogens with one attached hydrogen (secondary N) is 1. The van der Waals surface area contributed by atoms with Crippen molar-refractivity contribution in [2.24, 2.45) is 5.73 Å². The second kappa shape index (κ2) is 4.34. The minimum atomic E-state index is -1.14. The highest BCUT2D eigenvalue weighted by Gasteiger charge is 2.20. The summed E-state index contributed by atoms with van der Waals surface area (Å²) in [5.41, 5.74) is 7.75. The van der Waals surface area contributed by atoms with E-state index in [0.29, 0.717) is 5.69 Å². The quantitative estimate of drug-likeness (QED) is 0.728. The van der Waals surface area contributed by atoms with Crippen LogP contribution in [0.4, 0.5) is 0 Å². The number of aromatic amines is 1. The van der Waals surface area contributed by atoms with Crippen molar-refractivity contribution in [3.8, 4) is 11.3 Å². The topological polar surface area (TPSA) is 105 Å².